The predicted octanol–water partition coefficient (Wildman–Crippen LogP) is 3.53. The fraction of sp³-hybridized carbons (Fsp3) is 1.00. The van der Waals surface area contributed by atoms with Crippen LogP contribution in [0.5, 0.6) is 0 Å². The molecule has 0 spiro atoms. The zero-order chi connectivity index (χ0) is 25.8. The Labute approximate surface area is 173 Å². The van der Waals surface area contributed by atoms with Crippen molar-refractivity contribution in [1.82, 2.24) is 0 Å². The Bertz CT molecular complexity index is 737. The Kier molecular flexibility index (Phi) is 10.2. The molecule has 194 valence electrons. The number of hydrogen-bond donors (Lipinski definition) is 0. The quantitative estimate of drug-likeness (QED) is 0.200. The molecule has 2 atom stereocenters. The highest BCUT2D eigenvalue weighted by Gasteiger charge is 2.59. The highest BCUT2D eigenvalue weighted by Crippen LogP contribution is 2.37. The molecule has 0 amide bonds. The van der Waals surface area contributed by atoms with Gasteiger partial charge < -0.3 is 0 Å². The van der Waals surface area contributed by atoms with Gasteiger partial charge in [-0.15, -0.1) is 0 Å². The Morgan fingerprint density at radius 3 is 1.03 bits per heavy atom. The normalized spacial score (nSPS) is 16.8. The van der Waals surface area contributed by atoms with Gasteiger partial charge in [-0.2, -0.15) is 43.2 Å². The monoisotopic (exact) mass is 546 g/mol. The summed E-state index contributed by atoms with van der Waals surface area (Å²) in [5.74, 6) is -16.2. The molecule has 0 aliphatic rings. The molecular weight excluding hydrogens is 532 g/mol. The maximum absolute atomic E-state index is 13.0. The lowest BCUT2D eigenvalue weighted by molar-refractivity contribution is -0.238. The second-order valence-corrected chi connectivity index (χ2v) is 9.36. The highest BCUT2D eigenvalue weighted by molar-refractivity contribution is 7.87. The van der Waals surface area contributed by atoms with Crippen LogP contribution in [0.3, 0.4) is 0 Å². The maximum atomic E-state index is 13.0. The Morgan fingerprint density at radius 2 is 0.812 bits per heavy atom. The summed E-state index contributed by atoms with van der Waals surface area (Å²) in [6, 6.07) is 0. The molecule has 0 fully saturated rings. The van der Waals surface area contributed by atoms with Crippen molar-refractivity contribution < 1.29 is 77.9 Å². The molecule has 0 saturated heterocycles. The molecule has 20 heteroatoms. The molecule has 6 nitrogen and oxygen atoms in total. The van der Waals surface area contributed by atoms with E-state index in [0.29, 0.717) is 0 Å². The first kappa shape index (κ1) is 31.0. The topological polar surface area (TPSA) is 86.7 Å². The third-order valence-corrected chi connectivity index (χ3v) is 5.65. The van der Waals surface area contributed by atoms with E-state index in [1.165, 1.54) is 0 Å². The summed E-state index contributed by atoms with van der Waals surface area (Å²) in [7, 11) is -10.8. The fourth-order valence-electron chi connectivity index (χ4n) is 1.76. The number of hydrogen-bond acceptors (Lipinski definition) is 6. The van der Waals surface area contributed by atoms with Gasteiger partial charge in [0.05, 0.1) is 13.2 Å². The first-order valence-corrected chi connectivity index (χ1v) is 11.0. The zero-order valence-corrected chi connectivity index (χ0v) is 16.8. The third kappa shape index (κ3) is 10.7. The molecule has 0 N–H and O–H groups in total. The first-order valence-electron chi connectivity index (χ1n) is 7.84. The van der Waals surface area contributed by atoms with E-state index in [0.717, 1.165) is 0 Å². The van der Waals surface area contributed by atoms with E-state index >= 15 is 0 Å². The van der Waals surface area contributed by atoms with E-state index in [9.17, 15) is 69.5 Å². The van der Waals surface area contributed by atoms with Gasteiger partial charge in [0.1, 0.15) is 11.5 Å². The summed E-state index contributed by atoms with van der Waals surface area (Å²) in [4.78, 5) is 0. The van der Waals surface area contributed by atoms with Crippen molar-refractivity contribution >= 4 is 20.2 Å². The van der Waals surface area contributed by atoms with Gasteiger partial charge in [0.15, 0.2) is 0 Å². The molecule has 0 aromatic rings. The Balaban J connectivity index is 4.55. The van der Waals surface area contributed by atoms with E-state index in [2.05, 4.69) is 8.37 Å². The van der Waals surface area contributed by atoms with E-state index in [-0.39, 0.29) is 0 Å². The van der Waals surface area contributed by atoms with E-state index in [4.69, 9.17) is 0 Å². The molecular formula is C12H14F12O6S2. The van der Waals surface area contributed by atoms with Crippen molar-refractivity contribution in [2.24, 2.45) is 0 Å². The van der Waals surface area contributed by atoms with Gasteiger partial charge in [-0.05, 0) is 12.8 Å². The van der Waals surface area contributed by atoms with Crippen LogP contribution in [0.1, 0.15) is 12.8 Å². The third-order valence-electron chi connectivity index (χ3n) is 3.12. The van der Waals surface area contributed by atoms with E-state index in [1.54, 1.807) is 0 Å². The summed E-state index contributed by atoms with van der Waals surface area (Å²) in [5, 5.41) is 0. The minimum atomic E-state index is -6.07. The van der Waals surface area contributed by atoms with Crippen molar-refractivity contribution in [3.05, 3.63) is 0 Å². The fourth-order valence-corrected chi connectivity index (χ4v) is 3.90. The van der Waals surface area contributed by atoms with Crippen LogP contribution in [0.25, 0.3) is 0 Å². The lowest BCUT2D eigenvalue weighted by Gasteiger charge is -2.22. The minimum absolute atomic E-state index is 0.594. The van der Waals surface area contributed by atoms with Crippen LogP contribution < -0.4 is 0 Å². The van der Waals surface area contributed by atoms with Crippen molar-refractivity contribution in [3.8, 4) is 0 Å². The molecule has 0 aromatic carbocycles. The van der Waals surface area contributed by atoms with Gasteiger partial charge in [0, 0.05) is 0 Å². The van der Waals surface area contributed by atoms with E-state index in [1.807, 2.05) is 0 Å². The van der Waals surface area contributed by atoms with E-state index < -0.39 is 94.3 Å². The van der Waals surface area contributed by atoms with Crippen molar-refractivity contribution in [2.75, 3.05) is 24.7 Å². The van der Waals surface area contributed by atoms with Crippen LogP contribution in [0, 0.1) is 0 Å². The van der Waals surface area contributed by atoms with Crippen molar-refractivity contribution in [2.45, 2.75) is 49.4 Å². The smallest absolute Gasteiger partial charge is 0.270 e. The summed E-state index contributed by atoms with van der Waals surface area (Å²) < 4.78 is 202. The van der Waals surface area contributed by atoms with Gasteiger partial charge in [-0.25, -0.2) is 26.3 Å². The molecule has 0 aliphatic heterocycles. The van der Waals surface area contributed by atoms with Gasteiger partial charge in [-0.3, -0.25) is 8.37 Å². The summed E-state index contributed by atoms with van der Waals surface area (Å²) in [6.45, 7) is -2.14. The second kappa shape index (κ2) is 10.5. The molecule has 0 bridgehead atoms. The Hall–Kier alpha value is -1.02. The van der Waals surface area contributed by atoms with Crippen LogP contribution >= 0.6 is 0 Å². The van der Waals surface area contributed by atoms with Gasteiger partial charge in [-0.1, -0.05) is 0 Å². The van der Waals surface area contributed by atoms with Crippen molar-refractivity contribution in [1.29, 1.82) is 0 Å². The average molecular weight is 546 g/mol. The molecule has 0 saturated carbocycles. The molecule has 0 heterocycles. The Morgan fingerprint density at radius 1 is 0.562 bits per heavy atom. The maximum Gasteiger partial charge on any atom is 0.425 e. The summed E-state index contributed by atoms with van der Waals surface area (Å²) in [6.07, 6.45) is -23.0. The molecule has 0 aliphatic carbocycles. The zero-order valence-electron chi connectivity index (χ0n) is 15.2. The van der Waals surface area contributed by atoms with Crippen LogP contribution in [0.15, 0.2) is 0 Å². The number of unbranched alkanes of at least 4 members (excludes halogenated alkanes) is 1. The van der Waals surface area contributed by atoms with Gasteiger partial charge in [0.25, 0.3) is 32.6 Å². The van der Waals surface area contributed by atoms with Gasteiger partial charge in [0.2, 0.25) is 0 Å². The van der Waals surface area contributed by atoms with Crippen molar-refractivity contribution in [3.63, 3.8) is 0 Å². The average Bonchev–Trinajstić information content (AvgIpc) is 2.52. The van der Waals surface area contributed by atoms with Crippen LogP contribution in [-0.4, -0.2) is 78.1 Å². The lowest BCUT2D eigenvalue weighted by Crippen LogP contribution is -2.46. The minimum Gasteiger partial charge on any atom is -0.270 e. The predicted molar refractivity (Wildman–Crippen MR) is 80.5 cm³/mol. The SMILES string of the molecule is O=S(=O)(CC(F)(F)C(F)C(F)(F)F)OCCCCOS(=O)(=O)CC(F)(F)C(F)C(F)(F)F. The highest BCUT2D eigenvalue weighted by atomic mass is 32.2. The summed E-state index contributed by atoms with van der Waals surface area (Å²) >= 11 is 0. The molecule has 0 radical (unpaired) electrons. The number of rotatable bonds is 13. The second-order valence-electron chi connectivity index (χ2n) is 6.09. The lowest BCUT2D eigenvalue weighted by atomic mass is 10.2. The molecule has 2 unspecified atom stereocenters. The molecule has 0 rings (SSSR count). The van der Waals surface area contributed by atoms with Crippen LogP contribution in [0.4, 0.5) is 52.7 Å². The molecule has 0 aromatic heterocycles. The number of alkyl halides is 12. The molecule has 32 heavy (non-hydrogen) atoms. The standard InChI is InChI=1S/C12H14F12O6S2/c13-7(11(19,20)21)9(15,16)5-31(25,26)29-3-1-2-4-30-32(27,28)6-10(17,18)8(14)12(22,23)24/h7-8H,1-6H2. The van der Waals surface area contributed by atoms with Crippen LogP contribution in [0.2, 0.25) is 0 Å². The van der Waals surface area contributed by atoms with Crippen LogP contribution in [-0.2, 0) is 28.6 Å². The van der Waals surface area contributed by atoms with Gasteiger partial charge >= 0.3 is 24.2 Å². The summed E-state index contributed by atoms with van der Waals surface area (Å²) in [5.41, 5.74) is 0. The largest absolute Gasteiger partial charge is 0.425 e. The first-order chi connectivity index (χ1) is 13.9. The number of halogens is 12.